The first-order valence-electron chi connectivity index (χ1n) is 7.87. The van der Waals surface area contributed by atoms with E-state index >= 15 is 0 Å². The topological polar surface area (TPSA) is 84.5 Å². The molecule has 2 N–H and O–H groups in total. The molecule has 0 saturated carbocycles. The first-order chi connectivity index (χ1) is 11.9. The van der Waals surface area contributed by atoms with Crippen molar-refractivity contribution in [1.82, 2.24) is 5.32 Å². The van der Waals surface area contributed by atoms with Crippen molar-refractivity contribution in [3.8, 4) is 0 Å². The molecule has 0 saturated heterocycles. The van der Waals surface area contributed by atoms with Crippen LogP contribution in [0.3, 0.4) is 0 Å². The number of amides is 2. The zero-order chi connectivity index (χ0) is 20.0. The molecule has 0 atom stereocenters. The summed E-state index contributed by atoms with van der Waals surface area (Å²) in [4.78, 5) is 23.4. The summed E-state index contributed by atoms with van der Waals surface area (Å²) in [5.41, 5.74) is -1.22. The SMILES string of the molecule is CC(=O)Nc1cc(C(F)(F)F)ccc1C(=O)NCCCCOP(C)(C)=O. The minimum atomic E-state index is -4.58. The van der Waals surface area contributed by atoms with Gasteiger partial charge < -0.3 is 15.2 Å². The van der Waals surface area contributed by atoms with Crippen LogP contribution in [-0.2, 0) is 20.1 Å². The summed E-state index contributed by atoms with van der Waals surface area (Å²) in [5.74, 6) is -1.18. The highest BCUT2D eigenvalue weighted by Gasteiger charge is 2.31. The Hall–Kier alpha value is -1.86. The van der Waals surface area contributed by atoms with Crippen molar-refractivity contribution in [3.05, 3.63) is 29.3 Å². The van der Waals surface area contributed by atoms with Crippen LogP contribution in [0.2, 0.25) is 0 Å². The van der Waals surface area contributed by atoms with E-state index in [1.165, 1.54) is 13.3 Å². The molecule has 0 radical (unpaired) electrons. The summed E-state index contributed by atoms with van der Waals surface area (Å²) >= 11 is 0. The molecule has 1 aromatic carbocycles. The fraction of sp³-hybridized carbons (Fsp3) is 0.500. The molecule has 0 bridgehead atoms. The third-order valence-corrected chi connectivity index (χ3v) is 3.97. The molecule has 0 aliphatic heterocycles. The van der Waals surface area contributed by atoms with Gasteiger partial charge >= 0.3 is 6.18 Å². The highest BCUT2D eigenvalue weighted by Crippen LogP contribution is 2.37. The van der Waals surface area contributed by atoms with Gasteiger partial charge in [-0.05, 0) is 31.0 Å². The van der Waals surface area contributed by atoms with E-state index in [0.29, 0.717) is 12.8 Å². The molecule has 0 fully saturated rings. The molecule has 0 aliphatic rings. The van der Waals surface area contributed by atoms with Crippen LogP contribution in [0.1, 0.15) is 35.7 Å². The van der Waals surface area contributed by atoms with Crippen LogP contribution in [-0.4, -0.2) is 38.3 Å². The first kappa shape index (κ1) is 22.2. The first-order valence-corrected chi connectivity index (χ1v) is 10.4. The van der Waals surface area contributed by atoms with Gasteiger partial charge in [0.1, 0.15) is 0 Å². The van der Waals surface area contributed by atoms with Gasteiger partial charge in [-0.25, -0.2) is 0 Å². The van der Waals surface area contributed by atoms with Crippen molar-refractivity contribution >= 4 is 24.9 Å². The lowest BCUT2D eigenvalue weighted by atomic mass is 10.1. The number of carbonyl (C=O) groups is 2. The maximum Gasteiger partial charge on any atom is 0.416 e. The summed E-state index contributed by atoms with van der Waals surface area (Å²) in [6, 6.07) is 2.54. The fourth-order valence-electron chi connectivity index (χ4n) is 2.02. The number of hydrogen-bond acceptors (Lipinski definition) is 4. The average Bonchev–Trinajstić information content (AvgIpc) is 2.47. The van der Waals surface area contributed by atoms with Gasteiger partial charge in [0.2, 0.25) is 5.91 Å². The van der Waals surface area contributed by atoms with E-state index in [9.17, 15) is 27.3 Å². The van der Waals surface area contributed by atoms with Crippen LogP contribution < -0.4 is 10.6 Å². The number of halogens is 3. The lowest BCUT2D eigenvalue weighted by molar-refractivity contribution is -0.137. The average molecular weight is 394 g/mol. The second-order valence-corrected chi connectivity index (χ2v) is 8.75. The molecule has 0 aliphatic carbocycles. The van der Waals surface area contributed by atoms with Crippen molar-refractivity contribution < 1.29 is 31.8 Å². The van der Waals surface area contributed by atoms with Crippen molar-refractivity contribution in [2.45, 2.75) is 25.9 Å². The van der Waals surface area contributed by atoms with Crippen LogP contribution >= 0.6 is 7.37 Å². The van der Waals surface area contributed by atoms with Gasteiger partial charge in [-0.15, -0.1) is 0 Å². The largest absolute Gasteiger partial charge is 0.416 e. The summed E-state index contributed by atoms with van der Waals surface area (Å²) in [6.07, 6.45) is -3.47. The highest BCUT2D eigenvalue weighted by atomic mass is 31.2. The zero-order valence-corrected chi connectivity index (χ0v) is 15.7. The van der Waals surface area contributed by atoms with Gasteiger partial charge in [-0.1, -0.05) is 0 Å². The molecule has 2 amide bonds. The zero-order valence-electron chi connectivity index (χ0n) is 14.8. The van der Waals surface area contributed by atoms with Crippen molar-refractivity contribution in [3.63, 3.8) is 0 Å². The monoisotopic (exact) mass is 394 g/mol. The molecule has 0 heterocycles. The smallest absolute Gasteiger partial charge is 0.352 e. The molecule has 10 heteroatoms. The molecule has 0 aromatic heterocycles. The number of carbonyl (C=O) groups excluding carboxylic acids is 2. The number of alkyl halides is 3. The number of nitrogens with one attached hydrogen (secondary N) is 2. The Morgan fingerprint density at radius 3 is 2.38 bits per heavy atom. The number of unbranched alkanes of at least 4 members (excludes halogenated alkanes) is 1. The molecule has 0 spiro atoms. The molecular formula is C16H22F3N2O4P. The standard InChI is InChI=1S/C16H22F3N2O4P/c1-11(22)21-14-10-12(16(17,18)19)6-7-13(14)15(23)20-8-4-5-9-25-26(2,3)24/h6-7,10H,4-5,8-9H2,1-3H3,(H,20,23)(H,21,22). The minimum Gasteiger partial charge on any atom is -0.352 e. The van der Waals surface area contributed by atoms with Gasteiger partial charge in [0.05, 0.1) is 23.4 Å². The lowest BCUT2D eigenvalue weighted by Gasteiger charge is -2.14. The maximum absolute atomic E-state index is 12.8. The Bertz CT molecular complexity index is 701. The van der Waals surface area contributed by atoms with Crippen molar-refractivity contribution in [2.24, 2.45) is 0 Å². The number of benzene rings is 1. The van der Waals surface area contributed by atoms with Crippen molar-refractivity contribution in [2.75, 3.05) is 31.8 Å². The second kappa shape index (κ2) is 9.19. The predicted molar refractivity (Wildman–Crippen MR) is 92.7 cm³/mol. The van der Waals surface area contributed by atoms with E-state index in [1.54, 1.807) is 0 Å². The van der Waals surface area contributed by atoms with Gasteiger partial charge in [-0.2, -0.15) is 13.2 Å². The van der Waals surface area contributed by atoms with E-state index in [4.69, 9.17) is 4.52 Å². The Balaban J connectivity index is 2.69. The minimum absolute atomic E-state index is 0.0592. The molecule has 6 nitrogen and oxygen atoms in total. The van der Waals surface area contributed by atoms with Crippen LogP contribution in [0.25, 0.3) is 0 Å². The maximum atomic E-state index is 12.8. The van der Waals surface area contributed by atoms with E-state index in [2.05, 4.69) is 10.6 Å². The Labute approximate surface area is 149 Å². The lowest BCUT2D eigenvalue weighted by Crippen LogP contribution is -2.26. The van der Waals surface area contributed by atoms with Crippen LogP contribution in [0.5, 0.6) is 0 Å². The van der Waals surface area contributed by atoms with Gasteiger partial charge in [-0.3, -0.25) is 14.2 Å². The third kappa shape index (κ3) is 8.01. The van der Waals surface area contributed by atoms with Crippen LogP contribution in [0.15, 0.2) is 18.2 Å². The van der Waals surface area contributed by atoms with Crippen molar-refractivity contribution in [1.29, 1.82) is 0 Å². The summed E-state index contributed by atoms with van der Waals surface area (Å²) < 4.78 is 54.9. The Morgan fingerprint density at radius 2 is 1.85 bits per heavy atom. The van der Waals surface area contributed by atoms with E-state index < -0.39 is 30.9 Å². The Kier molecular flexibility index (Phi) is 7.84. The molecule has 146 valence electrons. The van der Waals surface area contributed by atoms with Crippen LogP contribution in [0, 0.1) is 0 Å². The molecule has 26 heavy (non-hydrogen) atoms. The fourth-order valence-corrected chi connectivity index (χ4v) is 2.59. The van der Waals surface area contributed by atoms with Crippen LogP contribution in [0.4, 0.5) is 18.9 Å². The van der Waals surface area contributed by atoms with E-state index in [-0.39, 0.29) is 24.4 Å². The predicted octanol–water partition coefficient (Wildman–Crippen LogP) is 3.73. The molecular weight excluding hydrogens is 372 g/mol. The summed E-state index contributed by atoms with van der Waals surface area (Å²) in [7, 11) is -2.54. The third-order valence-electron chi connectivity index (χ3n) is 3.16. The molecule has 1 aromatic rings. The Morgan fingerprint density at radius 1 is 1.19 bits per heavy atom. The molecule has 0 unspecified atom stereocenters. The van der Waals surface area contributed by atoms with Gasteiger partial charge in [0.25, 0.3) is 5.91 Å². The van der Waals surface area contributed by atoms with E-state index in [1.807, 2.05) is 0 Å². The normalized spacial score (nSPS) is 11.9. The second-order valence-electron chi connectivity index (χ2n) is 5.99. The summed E-state index contributed by atoms with van der Waals surface area (Å²) in [6.45, 7) is 4.70. The number of hydrogen-bond donors (Lipinski definition) is 2. The number of rotatable bonds is 8. The van der Waals surface area contributed by atoms with Gasteiger partial charge in [0.15, 0.2) is 7.37 Å². The summed E-state index contributed by atoms with van der Waals surface area (Å²) in [5, 5.41) is 4.82. The number of anilines is 1. The van der Waals surface area contributed by atoms with Gasteiger partial charge in [0, 0.05) is 26.8 Å². The highest BCUT2D eigenvalue weighted by molar-refractivity contribution is 7.57. The quantitative estimate of drug-likeness (QED) is 0.520. The van der Waals surface area contributed by atoms with E-state index in [0.717, 1.165) is 25.1 Å². The molecule has 1 rings (SSSR count).